The Hall–Kier alpha value is -2.25. The molecular weight excluding hydrogens is 403 g/mol. The fraction of sp³-hybridized carbons (Fsp3) is 0.435. The number of nitrogens with zero attached hydrogens (tertiary/aromatic N) is 1. The number of thioether (sulfide) groups is 1. The van der Waals surface area contributed by atoms with Gasteiger partial charge in [0.15, 0.2) is 0 Å². The van der Waals surface area contributed by atoms with E-state index in [1.807, 2.05) is 18.2 Å². The zero-order valence-electron chi connectivity index (χ0n) is 17.3. The predicted octanol–water partition coefficient (Wildman–Crippen LogP) is 3.86. The lowest BCUT2D eigenvalue weighted by atomic mass is 10.1. The summed E-state index contributed by atoms with van der Waals surface area (Å²) in [6, 6.07) is 12.5. The van der Waals surface area contributed by atoms with E-state index in [0.717, 1.165) is 47.8 Å². The van der Waals surface area contributed by atoms with Gasteiger partial charge >= 0.3 is 0 Å². The van der Waals surface area contributed by atoms with Crippen LogP contribution in [0, 0.1) is 5.82 Å². The SMILES string of the molecule is COc1ccc(CN2C[C@H](Sc3ccc(F)cc3)C[C@H]2C(=O)NC2CC2)c(OC)c1. The first-order chi connectivity index (χ1) is 14.6. The number of likely N-dealkylation sites (tertiary alicyclic amines) is 1. The molecule has 0 radical (unpaired) electrons. The highest BCUT2D eigenvalue weighted by Crippen LogP contribution is 2.36. The van der Waals surface area contributed by atoms with Gasteiger partial charge in [-0.2, -0.15) is 0 Å². The molecule has 0 bridgehead atoms. The molecule has 1 aliphatic carbocycles. The fourth-order valence-electron chi connectivity index (χ4n) is 3.83. The van der Waals surface area contributed by atoms with Gasteiger partial charge in [-0.15, -0.1) is 11.8 Å². The van der Waals surface area contributed by atoms with Crippen molar-refractivity contribution in [1.82, 2.24) is 10.2 Å². The van der Waals surface area contributed by atoms with Crippen LogP contribution >= 0.6 is 11.8 Å². The highest BCUT2D eigenvalue weighted by Gasteiger charge is 2.39. The molecule has 1 heterocycles. The minimum atomic E-state index is -0.235. The number of carbonyl (C=O) groups is 1. The molecule has 2 aromatic rings. The second-order valence-electron chi connectivity index (χ2n) is 7.84. The third-order valence-corrected chi connectivity index (χ3v) is 6.79. The molecular formula is C23H27FN2O3S. The number of hydrogen-bond donors (Lipinski definition) is 1. The van der Waals surface area contributed by atoms with E-state index in [4.69, 9.17) is 9.47 Å². The van der Waals surface area contributed by atoms with Crippen LogP contribution in [0.15, 0.2) is 47.4 Å². The van der Waals surface area contributed by atoms with Crippen molar-refractivity contribution >= 4 is 17.7 Å². The summed E-state index contributed by atoms with van der Waals surface area (Å²) in [5.74, 6) is 1.36. The number of amides is 1. The molecule has 1 saturated heterocycles. The summed E-state index contributed by atoms with van der Waals surface area (Å²) in [4.78, 5) is 16.2. The number of carbonyl (C=O) groups excluding carboxylic acids is 1. The Morgan fingerprint density at radius 2 is 1.93 bits per heavy atom. The number of nitrogens with one attached hydrogen (secondary N) is 1. The number of benzene rings is 2. The zero-order valence-corrected chi connectivity index (χ0v) is 18.1. The topological polar surface area (TPSA) is 50.8 Å². The fourth-order valence-corrected chi connectivity index (χ4v) is 5.05. The molecule has 1 amide bonds. The first-order valence-corrected chi connectivity index (χ1v) is 11.1. The third kappa shape index (κ3) is 5.08. The van der Waals surface area contributed by atoms with E-state index >= 15 is 0 Å². The van der Waals surface area contributed by atoms with Crippen LogP contribution in [0.2, 0.25) is 0 Å². The molecule has 1 aliphatic heterocycles. The maximum atomic E-state index is 13.2. The molecule has 1 N–H and O–H groups in total. The van der Waals surface area contributed by atoms with E-state index in [-0.39, 0.29) is 23.0 Å². The average molecular weight is 431 g/mol. The molecule has 2 aliphatic rings. The van der Waals surface area contributed by atoms with Gasteiger partial charge in [-0.3, -0.25) is 9.69 Å². The summed E-state index contributed by atoms with van der Waals surface area (Å²) < 4.78 is 24.1. The van der Waals surface area contributed by atoms with E-state index in [1.54, 1.807) is 38.1 Å². The monoisotopic (exact) mass is 430 g/mol. The maximum Gasteiger partial charge on any atom is 0.237 e. The molecule has 4 rings (SSSR count). The van der Waals surface area contributed by atoms with Crippen LogP contribution in [-0.2, 0) is 11.3 Å². The van der Waals surface area contributed by atoms with Gasteiger partial charge in [0.25, 0.3) is 0 Å². The Bertz CT molecular complexity index is 889. The third-order valence-electron chi connectivity index (χ3n) is 5.58. The predicted molar refractivity (Wildman–Crippen MR) is 116 cm³/mol. The Labute approximate surface area is 180 Å². The smallest absolute Gasteiger partial charge is 0.237 e. The van der Waals surface area contributed by atoms with E-state index in [0.29, 0.717) is 12.6 Å². The van der Waals surface area contributed by atoms with Crippen LogP contribution in [-0.4, -0.2) is 48.9 Å². The van der Waals surface area contributed by atoms with Crippen molar-refractivity contribution in [3.63, 3.8) is 0 Å². The van der Waals surface area contributed by atoms with Crippen LogP contribution in [0.25, 0.3) is 0 Å². The molecule has 2 fully saturated rings. The number of rotatable bonds is 8. The van der Waals surface area contributed by atoms with Crippen LogP contribution in [0.5, 0.6) is 11.5 Å². The molecule has 2 atom stereocenters. The Morgan fingerprint density at radius 3 is 2.60 bits per heavy atom. The van der Waals surface area contributed by atoms with Gasteiger partial charge in [-0.1, -0.05) is 6.07 Å². The van der Waals surface area contributed by atoms with Crippen molar-refractivity contribution < 1.29 is 18.7 Å². The number of hydrogen-bond acceptors (Lipinski definition) is 5. The van der Waals surface area contributed by atoms with E-state index in [9.17, 15) is 9.18 Å². The first kappa shape index (κ1) is 21.0. The second kappa shape index (κ2) is 9.27. The van der Waals surface area contributed by atoms with Crippen LogP contribution < -0.4 is 14.8 Å². The quantitative estimate of drug-likeness (QED) is 0.689. The highest BCUT2D eigenvalue weighted by atomic mass is 32.2. The summed E-state index contributed by atoms with van der Waals surface area (Å²) in [6.45, 7) is 1.40. The first-order valence-electron chi connectivity index (χ1n) is 10.2. The molecule has 7 heteroatoms. The van der Waals surface area contributed by atoms with E-state index in [1.165, 1.54) is 12.1 Å². The largest absolute Gasteiger partial charge is 0.497 e. The van der Waals surface area contributed by atoms with Gasteiger partial charge < -0.3 is 14.8 Å². The molecule has 0 unspecified atom stereocenters. The minimum Gasteiger partial charge on any atom is -0.497 e. The van der Waals surface area contributed by atoms with Crippen molar-refractivity contribution in [3.05, 3.63) is 53.8 Å². The number of halogens is 1. The van der Waals surface area contributed by atoms with E-state index in [2.05, 4.69) is 10.2 Å². The lowest BCUT2D eigenvalue weighted by Crippen LogP contribution is -2.43. The summed E-state index contributed by atoms with van der Waals surface area (Å²) in [5.41, 5.74) is 1.02. The normalized spacial score (nSPS) is 21.4. The molecule has 160 valence electrons. The Kier molecular flexibility index (Phi) is 6.49. The summed E-state index contributed by atoms with van der Waals surface area (Å²) in [7, 11) is 3.27. The molecule has 0 spiro atoms. The summed E-state index contributed by atoms with van der Waals surface area (Å²) in [6.07, 6.45) is 2.90. The highest BCUT2D eigenvalue weighted by molar-refractivity contribution is 8.00. The van der Waals surface area contributed by atoms with Gasteiger partial charge in [0.2, 0.25) is 5.91 Å². The molecule has 30 heavy (non-hydrogen) atoms. The van der Waals surface area contributed by atoms with Gasteiger partial charge in [0.05, 0.1) is 20.3 Å². The van der Waals surface area contributed by atoms with Crippen molar-refractivity contribution in [2.45, 2.75) is 48.0 Å². The summed E-state index contributed by atoms with van der Waals surface area (Å²) in [5, 5.41) is 3.42. The van der Waals surface area contributed by atoms with Gasteiger partial charge in [0, 0.05) is 40.9 Å². The summed E-state index contributed by atoms with van der Waals surface area (Å²) >= 11 is 1.71. The Morgan fingerprint density at radius 1 is 1.17 bits per heavy atom. The zero-order chi connectivity index (χ0) is 21.1. The minimum absolute atomic E-state index is 0.104. The molecule has 5 nitrogen and oxygen atoms in total. The van der Waals surface area contributed by atoms with Crippen LogP contribution in [0.1, 0.15) is 24.8 Å². The van der Waals surface area contributed by atoms with Gasteiger partial charge in [-0.25, -0.2) is 4.39 Å². The second-order valence-corrected chi connectivity index (χ2v) is 9.21. The lowest BCUT2D eigenvalue weighted by Gasteiger charge is -2.24. The lowest BCUT2D eigenvalue weighted by molar-refractivity contribution is -0.125. The number of ether oxygens (including phenoxy) is 2. The van der Waals surface area contributed by atoms with Crippen molar-refractivity contribution in [1.29, 1.82) is 0 Å². The average Bonchev–Trinajstić information content (AvgIpc) is 3.48. The molecule has 1 saturated carbocycles. The standard InChI is InChI=1S/C23H27FN2O3S/c1-28-18-8-3-15(22(11-18)29-2)13-26-14-20(30-19-9-4-16(24)5-10-19)12-21(26)23(27)25-17-6-7-17/h3-5,8-11,17,20-21H,6-7,12-14H2,1-2H3,(H,25,27)/t20-,21+/m1/s1. The molecule has 0 aromatic heterocycles. The molecule has 2 aromatic carbocycles. The van der Waals surface area contributed by atoms with Crippen LogP contribution in [0.3, 0.4) is 0 Å². The van der Waals surface area contributed by atoms with Crippen LogP contribution in [0.4, 0.5) is 4.39 Å². The number of methoxy groups -OCH3 is 2. The maximum absolute atomic E-state index is 13.2. The van der Waals surface area contributed by atoms with Crippen molar-refractivity contribution in [3.8, 4) is 11.5 Å². The van der Waals surface area contributed by atoms with Gasteiger partial charge in [0.1, 0.15) is 17.3 Å². The van der Waals surface area contributed by atoms with Crippen molar-refractivity contribution in [2.24, 2.45) is 0 Å². The van der Waals surface area contributed by atoms with Crippen molar-refractivity contribution in [2.75, 3.05) is 20.8 Å². The van der Waals surface area contributed by atoms with Gasteiger partial charge in [-0.05, 0) is 49.6 Å². The Balaban J connectivity index is 1.50. The van der Waals surface area contributed by atoms with E-state index < -0.39 is 0 Å².